The Balaban J connectivity index is 0.000000252. The topological polar surface area (TPSA) is 0 Å². The fraction of sp³-hybridized carbons (Fsp3) is 1.00. The SMILES string of the molecule is CC1CCC(C)CC1.CCCCC. The standard InChI is InChI=1S/C8H16.C5H12/c1-7-3-5-8(2)6-4-7;1-3-5-4-2/h7-8H,3-6H2,1-2H3;3-5H2,1-2H3. The fourth-order valence-corrected chi connectivity index (χ4v) is 1.78. The minimum absolute atomic E-state index is 1.02. The first-order chi connectivity index (χ1) is 6.20. The minimum atomic E-state index is 1.02. The Kier molecular flexibility index (Phi) is 8.59. The van der Waals surface area contributed by atoms with E-state index in [1.54, 1.807) is 0 Å². The monoisotopic (exact) mass is 184 g/mol. The van der Waals surface area contributed by atoms with Crippen LogP contribution >= 0.6 is 0 Å². The fourth-order valence-electron chi connectivity index (χ4n) is 1.78. The maximum atomic E-state index is 2.37. The van der Waals surface area contributed by atoms with E-state index in [-0.39, 0.29) is 0 Å². The van der Waals surface area contributed by atoms with Crippen molar-refractivity contribution >= 4 is 0 Å². The van der Waals surface area contributed by atoms with Crippen molar-refractivity contribution in [1.82, 2.24) is 0 Å². The third kappa shape index (κ3) is 8.33. The largest absolute Gasteiger partial charge is 0.0654 e. The summed E-state index contributed by atoms with van der Waals surface area (Å²) in [6.07, 6.45) is 9.97. The van der Waals surface area contributed by atoms with Crippen molar-refractivity contribution in [1.29, 1.82) is 0 Å². The Hall–Kier alpha value is 0. The smallest absolute Gasteiger partial charge is 0.0443 e. The highest BCUT2D eigenvalue weighted by Crippen LogP contribution is 2.27. The zero-order valence-electron chi connectivity index (χ0n) is 10.1. The van der Waals surface area contributed by atoms with Gasteiger partial charge in [0.15, 0.2) is 0 Å². The summed E-state index contributed by atoms with van der Waals surface area (Å²) in [6, 6.07) is 0. The summed E-state index contributed by atoms with van der Waals surface area (Å²) in [5.74, 6) is 2.04. The van der Waals surface area contributed by atoms with E-state index >= 15 is 0 Å². The van der Waals surface area contributed by atoms with Crippen LogP contribution in [0.3, 0.4) is 0 Å². The van der Waals surface area contributed by atoms with Gasteiger partial charge in [-0.05, 0) is 11.8 Å². The average molecular weight is 184 g/mol. The molecule has 0 N–H and O–H groups in total. The molecule has 0 bridgehead atoms. The van der Waals surface area contributed by atoms with E-state index in [1.165, 1.54) is 44.9 Å². The molecule has 0 heteroatoms. The first kappa shape index (κ1) is 13.0. The van der Waals surface area contributed by atoms with Gasteiger partial charge in [-0.15, -0.1) is 0 Å². The second-order valence-electron chi connectivity index (χ2n) is 4.72. The lowest BCUT2D eigenvalue weighted by Crippen LogP contribution is -2.08. The summed E-state index contributed by atoms with van der Waals surface area (Å²) in [7, 11) is 0. The molecule has 0 aromatic rings. The van der Waals surface area contributed by atoms with Gasteiger partial charge in [0, 0.05) is 0 Å². The molecule has 0 heterocycles. The number of unbranched alkanes of at least 4 members (excludes halogenated alkanes) is 2. The molecule has 1 aliphatic rings. The molecule has 1 aliphatic carbocycles. The number of rotatable bonds is 2. The van der Waals surface area contributed by atoms with Crippen molar-refractivity contribution in [2.45, 2.75) is 72.6 Å². The van der Waals surface area contributed by atoms with Crippen molar-refractivity contribution in [3.05, 3.63) is 0 Å². The highest BCUT2D eigenvalue weighted by atomic mass is 14.2. The molecule has 0 spiro atoms. The molecule has 1 rings (SSSR count). The molecule has 13 heavy (non-hydrogen) atoms. The summed E-state index contributed by atoms with van der Waals surface area (Å²) in [5.41, 5.74) is 0. The summed E-state index contributed by atoms with van der Waals surface area (Å²) >= 11 is 0. The second kappa shape index (κ2) is 8.59. The molecule has 0 aromatic carbocycles. The molecular formula is C13H28. The minimum Gasteiger partial charge on any atom is -0.0654 e. The van der Waals surface area contributed by atoms with Crippen LogP contribution in [0.5, 0.6) is 0 Å². The Morgan fingerprint density at radius 1 is 0.769 bits per heavy atom. The Labute approximate surface area is 85.1 Å². The van der Waals surface area contributed by atoms with Crippen LogP contribution in [-0.2, 0) is 0 Å². The van der Waals surface area contributed by atoms with Gasteiger partial charge in [0.2, 0.25) is 0 Å². The van der Waals surface area contributed by atoms with Crippen LogP contribution in [0.25, 0.3) is 0 Å². The Bertz CT molecular complexity index is 76.2. The molecule has 0 nitrogen and oxygen atoms in total. The average Bonchev–Trinajstić information content (AvgIpc) is 2.13. The van der Waals surface area contributed by atoms with Gasteiger partial charge in [0.1, 0.15) is 0 Å². The normalized spacial score (nSPS) is 27.7. The Morgan fingerprint density at radius 3 is 1.23 bits per heavy atom. The summed E-state index contributed by atoms with van der Waals surface area (Å²) in [4.78, 5) is 0. The van der Waals surface area contributed by atoms with Gasteiger partial charge in [0.25, 0.3) is 0 Å². The molecule has 0 amide bonds. The maximum absolute atomic E-state index is 2.37. The van der Waals surface area contributed by atoms with E-state index in [1.807, 2.05) is 0 Å². The van der Waals surface area contributed by atoms with Crippen molar-refractivity contribution < 1.29 is 0 Å². The van der Waals surface area contributed by atoms with Gasteiger partial charge in [-0.25, -0.2) is 0 Å². The van der Waals surface area contributed by atoms with Crippen LogP contribution in [-0.4, -0.2) is 0 Å². The third-order valence-corrected chi connectivity index (χ3v) is 3.01. The zero-order valence-corrected chi connectivity index (χ0v) is 10.1. The van der Waals surface area contributed by atoms with Crippen molar-refractivity contribution in [2.75, 3.05) is 0 Å². The van der Waals surface area contributed by atoms with Crippen LogP contribution < -0.4 is 0 Å². The molecule has 0 aliphatic heterocycles. The first-order valence-corrected chi connectivity index (χ1v) is 6.20. The van der Waals surface area contributed by atoms with E-state index in [0.717, 1.165) is 11.8 Å². The summed E-state index contributed by atoms with van der Waals surface area (Å²) in [6.45, 7) is 9.16. The summed E-state index contributed by atoms with van der Waals surface area (Å²) < 4.78 is 0. The maximum Gasteiger partial charge on any atom is -0.0443 e. The second-order valence-corrected chi connectivity index (χ2v) is 4.72. The lowest BCUT2D eigenvalue weighted by molar-refractivity contribution is 0.308. The number of hydrogen-bond donors (Lipinski definition) is 0. The zero-order chi connectivity index (χ0) is 10.1. The van der Waals surface area contributed by atoms with Crippen LogP contribution in [0.1, 0.15) is 72.6 Å². The predicted molar refractivity (Wildman–Crippen MR) is 62.0 cm³/mol. The Morgan fingerprint density at radius 2 is 1.08 bits per heavy atom. The molecule has 1 saturated carbocycles. The molecule has 1 fully saturated rings. The van der Waals surface area contributed by atoms with Gasteiger partial charge in [0.05, 0.1) is 0 Å². The lowest BCUT2D eigenvalue weighted by atomic mass is 9.84. The van der Waals surface area contributed by atoms with Gasteiger partial charge >= 0.3 is 0 Å². The van der Waals surface area contributed by atoms with Crippen molar-refractivity contribution in [3.8, 4) is 0 Å². The van der Waals surface area contributed by atoms with E-state index < -0.39 is 0 Å². The molecule has 0 saturated heterocycles. The molecular weight excluding hydrogens is 156 g/mol. The highest BCUT2D eigenvalue weighted by Gasteiger charge is 2.13. The summed E-state index contributed by atoms with van der Waals surface area (Å²) in [5, 5.41) is 0. The van der Waals surface area contributed by atoms with E-state index in [4.69, 9.17) is 0 Å². The molecule has 0 atom stereocenters. The highest BCUT2D eigenvalue weighted by molar-refractivity contribution is 4.65. The third-order valence-electron chi connectivity index (χ3n) is 3.01. The molecule has 0 unspecified atom stereocenters. The van der Waals surface area contributed by atoms with E-state index in [0.29, 0.717) is 0 Å². The first-order valence-electron chi connectivity index (χ1n) is 6.20. The van der Waals surface area contributed by atoms with E-state index in [2.05, 4.69) is 27.7 Å². The van der Waals surface area contributed by atoms with Crippen molar-refractivity contribution in [3.63, 3.8) is 0 Å². The van der Waals surface area contributed by atoms with Crippen LogP contribution in [0.15, 0.2) is 0 Å². The van der Waals surface area contributed by atoms with Crippen LogP contribution in [0.2, 0.25) is 0 Å². The quantitative estimate of drug-likeness (QED) is 0.564. The van der Waals surface area contributed by atoms with Gasteiger partial charge in [-0.3, -0.25) is 0 Å². The van der Waals surface area contributed by atoms with Gasteiger partial charge in [-0.1, -0.05) is 72.6 Å². The van der Waals surface area contributed by atoms with E-state index in [9.17, 15) is 0 Å². The lowest BCUT2D eigenvalue weighted by Gasteiger charge is -2.22. The van der Waals surface area contributed by atoms with Crippen LogP contribution in [0.4, 0.5) is 0 Å². The molecule has 0 aromatic heterocycles. The molecule has 0 radical (unpaired) electrons. The molecule has 80 valence electrons. The van der Waals surface area contributed by atoms with Gasteiger partial charge in [-0.2, -0.15) is 0 Å². The van der Waals surface area contributed by atoms with Crippen molar-refractivity contribution in [2.24, 2.45) is 11.8 Å². The van der Waals surface area contributed by atoms with Crippen LogP contribution in [0, 0.1) is 11.8 Å². The predicted octanol–water partition coefficient (Wildman–Crippen LogP) is 5.03. The number of hydrogen-bond acceptors (Lipinski definition) is 0. The van der Waals surface area contributed by atoms with Gasteiger partial charge < -0.3 is 0 Å².